The molecule has 180 valence electrons. The van der Waals surface area contributed by atoms with E-state index >= 15 is 0 Å². The van der Waals surface area contributed by atoms with Crippen molar-refractivity contribution in [3.8, 4) is 11.5 Å². The molecule has 2 N–H and O–H groups in total. The molecule has 0 radical (unpaired) electrons. The first-order valence-corrected chi connectivity index (χ1v) is 10.2. The molecule has 3 heterocycles. The number of benzene rings is 1. The topological polar surface area (TPSA) is 106 Å². The molecule has 0 unspecified atom stereocenters. The Balaban J connectivity index is 1.45. The molecular weight excluding hydrogens is 455 g/mol. The normalized spacial score (nSPS) is 13.4. The summed E-state index contributed by atoms with van der Waals surface area (Å²) in [6, 6.07) is 5.67. The minimum atomic E-state index is -4.79. The van der Waals surface area contributed by atoms with Gasteiger partial charge in [0.25, 0.3) is 0 Å². The van der Waals surface area contributed by atoms with Crippen molar-refractivity contribution < 1.29 is 27.4 Å². The third kappa shape index (κ3) is 5.30. The van der Waals surface area contributed by atoms with Gasteiger partial charge in [-0.15, -0.1) is 18.3 Å². The van der Waals surface area contributed by atoms with E-state index in [2.05, 4.69) is 30.7 Å². The maximum absolute atomic E-state index is 12.6. The van der Waals surface area contributed by atoms with E-state index < -0.39 is 6.36 Å². The highest BCUT2D eigenvalue weighted by molar-refractivity contribution is 6.02. The van der Waals surface area contributed by atoms with Crippen LogP contribution in [0.1, 0.15) is 17.0 Å². The van der Waals surface area contributed by atoms with Gasteiger partial charge in [0.05, 0.1) is 50.0 Å². The average Bonchev–Trinajstić information content (AvgIpc) is 3.19. The van der Waals surface area contributed by atoms with Crippen LogP contribution < -0.4 is 25.0 Å². The van der Waals surface area contributed by atoms with Crippen molar-refractivity contribution in [2.24, 2.45) is 0 Å². The minimum absolute atomic E-state index is 0.0932. The molecule has 2 aromatic heterocycles. The number of pyridine rings is 1. The number of likely N-dealkylation sites (N-methyl/N-ethyl adjacent to an activating group) is 1. The summed E-state index contributed by atoms with van der Waals surface area (Å²) in [6.07, 6.45) is -3.12. The highest BCUT2D eigenvalue weighted by atomic mass is 19.4. The number of hydrogen-bond donors (Lipinski definition) is 2. The smallest absolute Gasteiger partial charge is 0.496 e. The number of amides is 1. The predicted octanol–water partition coefficient (Wildman–Crippen LogP) is 2.94. The number of nitrogens with one attached hydrogen (secondary N) is 2. The van der Waals surface area contributed by atoms with Crippen LogP contribution >= 0.6 is 0 Å². The Morgan fingerprint density at radius 2 is 2.06 bits per heavy atom. The molecule has 34 heavy (non-hydrogen) atoms. The summed E-state index contributed by atoms with van der Waals surface area (Å²) in [5.74, 6) is 0.562. The van der Waals surface area contributed by atoms with Gasteiger partial charge in [0.2, 0.25) is 5.91 Å². The monoisotopic (exact) mass is 477 g/mol. The fourth-order valence-electron chi connectivity index (χ4n) is 3.61. The fraction of sp³-hybridized carbons (Fsp3) is 0.333. The number of aryl methyl sites for hydroxylation is 1. The summed E-state index contributed by atoms with van der Waals surface area (Å²) in [6.45, 7) is 2.51. The molecule has 0 spiro atoms. The minimum Gasteiger partial charge on any atom is -0.496 e. The second-order valence-corrected chi connectivity index (χ2v) is 7.67. The molecule has 1 aliphatic rings. The Labute approximate surface area is 192 Å². The lowest BCUT2D eigenvalue weighted by Gasteiger charge is -2.28. The predicted molar refractivity (Wildman–Crippen MR) is 117 cm³/mol. The largest absolute Gasteiger partial charge is 0.573 e. The molecule has 0 fully saturated rings. The number of carbonyl (C=O) groups excluding carboxylic acids is 1. The highest BCUT2D eigenvalue weighted by Crippen LogP contribution is 2.33. The van der Waals surface area contributed by atoms with E-state index in [1.54, 1.807) is 6.20 Å². The van der Waals surface area contributed by atoms with E-state index in [0.717, 1.165) is 5.69 Å². The van der Waals surface area contributed by atoms with Gasteiger partial charge in [-0.1, -0.05) is 5.21 Å². The summed E-state index contributed by atoms with van der Waals surface area (Å²) in [7, 11) is 3.26. The van der Waals surface area contributed by atoms with Gasteiger partial charge in [0.15, 0.2) is 0 Å². The van der Waals surface area contributed by atoms with Crippen molar-refractivity contribution in [3.63, 3.8) is 0 Å². The van der Waals surface area contributed by atoms with Gasteiger partial charge < -0.3 is 25.0 Å². The van der Waals surface area contributed by atoms with Gasteiger partial charge in [0.1, 0.15) is 23.0 Å². The molecule has 10 nitrogen and oxygen atoms in total. The molecule has 13 heteroatoms. The number of rotatable bonds is 7. The molecule has 3 aromatic rings. The number of nitrogens with zero attached hydrogens (tertiary/aromatic N) is 5. The summed E-state index contributed by atoms with van der Waals surface area (Å²) in [4.78, 5) is 18.1. The third-order valence-corrected chi connectivity index (χ3v) is 5.09. The second-order valence-electron chi connectivity index (χ2n) is 7.67. The van der Waals surface area contributed by atoms with Crippen LogP contribution in [0.3, 0.4) is 0 Å². The van der Waals surface area contributed by atoms with Gasteiger partial charge in [-0.05, 0) is 25.1 Å². The molecule has 0 bridgehead atoms. The molecular formula is C21H22F3N7O3. The lowest BCUT2D eigenvalue weighted by molar-refractivity contribution is -0.274. The van der Waals surface area contributed by atoms with Crippen molar-refractivity contribution in [3.05, 3.63) is 47.4 Å². The van der Waals surface area contributed by atoms with Crippen LogP contribution in [0.5, 0.6) is 11.5 Å². The van der Waals surface area contributed by atoms with Gasteiger partial charge in [-0.25, -0.2) is 9.67 Å². The number of ether oxygens (including phenoxy) is 2. The zero-order valence-corrected chi connectivity index (χ0v) is 18.6. The first-order valence-electron chi connectivity index (χ1n) is 10.2. The fourth-order valence-corrected chi connectivity index (χ4v) is 3.61. The Bertz CT molecular complexity index is 1210. The van der Waals surface area contributed by atoms with Crippen LogP contribution in [-0.4, -0.2) is 52.9 Å². The molecule has 1 amide bonds. The maximum Gasteiger partial charge on any atom is 0.573 e. The Kier molecular flexibility index (Phi) is 6.18. The number of aromatic nitrogens is 4. The van der Waals surface area contributed by atoms with E-state index in [4.69, 9.17) is 4.74 Å². The summed E-state index contributed by atoms with van der Waals surface area (Å²) >= 11 is 0. The quantitative estimate of drug-likeness (QED) is 0.535. The van der Waals surface area contributed by atoms with E-state index in [-0.39, 0.29) is 24.7 Å². The van der Waals surface area contributed by atoms with Crippen LogP contribution in [-0.2, 0) is 17.9 Å². The standard InChI is InChI=1S/C21H22F3N7O3/c1-12-20-16(30(2)11-19(32)27-20)7-18(26-12)25-8-14-10-31(29-28-14)9-13-6-15(34-21(22,23)24)4-5-17(13)33-3/h4-7,10H,8-9,11H2,1-3H3,(H,25,26)(H,27,32). The molecule has 0 atom stereocenters. The van der Waals surface area contributed by atoms with Crippen LogP contribution in [0.2, 0.25) is 0 Å². The average molecular weight is 477 g/mol. The maximum atomic E-state index is 12.6. The first kappa shape index (κ1) is 23.1. The van der Waals surface area contributed by atoms with Gasteiger partial charge in [0, 0.05) is 18.7 Å². The number of anilines is 3. The third-order valence-electron chi connectivity index (χ3n) is 5.09. The Morgan fingerprint density at radius 1 is 1.26 bits per heavy atom. The molecule has 1 aliphatic heterocycles. The van der Waals surface area contributed by atoms with Crippen LogP contribution in [0.25, 0.3) is 0 Å². The summed E-state index contributed by atoms with van der Waals surface area (Å²) < 4.78 is 48.4. The zero-order valence-electron chi connectivity index (χ0n) is 18.6. The molecule has 0 aliphatic carbocycles. The van der Waals surface area contributed by atoms with Crippen molar-refractivity contribution >= 4 is 23.1 Å². The molecule has 0 saturated carbocycles. The SMILES string of the molecule is COc1ccc(OC(F)(F)F)cc1Cn1cc(CNc2cc3c(c(C)n2)NC(=O)CN3C)nn1. The number of alkyl halides is 3. The number of methoxy groups -OCH3 is 1. The number of halogens is 3. The summed E-state index contributed by atoms with van der Waals surface area (Å²) in [5, 5.41) is 14.2. The number of carbonyl (C=O) groups is 1. The van der Waals surface area contributed by atoms with E-state index in [1.165, 1.54) is 30.0 Å². The van der Waals surface area contributed by atoms with E-state index in [9.17, 15) is 18.0 Å². The van der Waals surface area contributed by atoms with Gasteiger partial charge in [-0.2, -0.15) is 0 Å². The van der Waals surface area contributed by atoms with Crippen LogP contribution in [0.15, 0.2) is 30.5 Å². The summed E-state index contributed by atoms with van der Waals surface area (Å²) in [5.41, 5.74) is 3.26. The molecule has 0 saturated heterocycles. The van der Waals surface area contributed by atoms with Crippen molar-refractivity contribution in [1.82, 2.24) is 20.0 Å². The van der Waals surface area contributed by atoms with Gasteiger partial charge >= 0.3 is 6.36 Å². The molecule has 4 rings (SSSR count). The van der Waals surface area contributed by atoms with Crippen LogP contribution in [0.4, 0.5) is 30.4 Å². The first-order chi connectivity index (χ1) is 16.1. The number of hydrogen-bond acceptors (Lipinski definition) is 8. The van der Waals surface area contributed by atoms with E-state index in [0.29, 0.717) is 40.8 Å². The highest BCUT2D eigenvalue weighted by Gasteiger charge is 2.31. The van der Waals surface area contributed by atoms with Crippen LogP contribution in [0, 0.1) is 6.92 Å². The Morgan fingerprint density at radius 3 is 2.79 bits per heavy atom. The number of fused-ring (bicyclic) bond motifs is 1. The molecule has 1 aromatic carbocycles. The Hall–Kier alpha value is -4.03. The second kappa shape index (κ2) is 9.08. The lowest BCUT2D eigenvalue weighted by atomic mass is 10.2. The van der Waals surface area contributed by atoms with Gasteiger partial charge in [-0.3, -0.25) is 4.79 Å². The van der Waals surface area contributed by atoms with Crippen molar-refractivity contribution in [1.29, 1.82) is 0 Å². The van der Waals surface area contributed by atoms with E-state index in [1.807, 2.05) is 24.9 Å². The zero-order chi connectivity index (χ0) is 24.5. The lowest BCUT2D eigenvalue weighted by Crippen LogP contribution is -2.36. The van der Waals surface area contributed by atoms with Crippen molar-refractivity contribution in [2.75, 3.05) is 36.2 Å². The van der Waals surface area contributed by atoms with Crippen molar-refractivity contribution in [2.45, 2.75) is 26.4 Å².